The first-order valence-electron chi connectivity index (χ1n) is 4.00. The fraction of sp³-hybridized carbons (Fsp3) is 0. The smallest absolute Gasteiger partial charge is 0.190 e. The minimum atomic E-state index is 0.629. The highest BCUT2D eigenvalue weighted by molar-refractivity contribution is 6.30. The number of halogens is 1. The topological polar surface area (TPSA) is 41.6 Å². The fourth-order valence-corrected chi connectivity index (χ4v) is 1.32. The quantitative estimate of drug-likeness (QED) is 0.715. The van der Waals surface area contributed by atoms with E-state index in [1.165, 1.54) is 4.57 Å². The first kappa shape index (κ1) is 8.79. The lowest BCUT2D eigenvalue weighted by molar-refractivity contribution is 1.09. The van der Waals surface area contributed by atoms with Crippen LogP contribution in [0.25, 0.3) is 11.4 Å². The third-order valence-corrected chi connectivity index (χ3v) is 2.10. The summed E-state index contributed by atoms with van der Waals surface area (Å²) >= 11 is 5.75. The van der Waals surface area contributed by atoms with Gasteiger partial charge in [-0.1, -0.05) is 11.6 Å². The van der Waals surface area contributed by atoms with E-state index in [0.29, 0.717) is 10.8 Å². The number of imidazole rings is 1. The third kappa shape index (κ3) is 1.48. The molecule has 2 rings (SSSR count). The Balaban J connectivity index is 2.50. The second-order valence-electron chi connectivity index (χ2n) is 2.73. The van der Waals surface area contributed by atoms with Crippen LogP contribution in [0.3, 0.4) is 0 Å². The molecule has 1 heterocycles. The van der Waals surface area contributed by atoms with E-state index in [2.05, 4.69) is 4.98 Å². The van der Waals surface area contributed by atoms with E-state index >= 15 is 0 Å². The summed E-state index contributed by atoms with van der Waals surface area (Å²) in [5.41, 5.74) is 0.876. The van der Waals surface area contributed by atoms with Crippen molar-refractivity contribution in [1.82, 2.24) is 9.55 Å². The van der Waals surface area contributed by atoms with E-state index in [1.807, 2.05) is 18.3 Å². The number of benzene rings is 1. The van der Waals surface area contributed by atoms with Gasteiger partial charge in [-0.15, -0.1) is 0 Å². The van der Waals surface area contributed by atoms with Crippen LogP contribution >= 0.6 is 11.6 Å². The zero-order valence-electron chi connectivity index (χ0n) is 7.18. The van der Waals surface area contributed by atoms with Crippen molar-refractivity contribution in [2.45, 2.75) is 0 Å². The van der Waals surface area contributed by atoms with Crippen LogP contribution in [-0.2, 0) is 0 Å². The normalized spacial score (nSPS) is 9.71. The predicted octanol–water partition coefficient (Wildman–Crippen LogP) is 2.53. The number of nitrogens with zero attached hydrogens (tertiary/aromatic N) is 3. The molecule has 0 saturated carbocycles. The van der Waals surface area contributed by atoms with Crippen LogP contribution in [0.5, 0.6) is 0 Å². The van der Waals surface area contributed by atoms with Gasteiger partial charge in [0.2, 0.25) is 0 Å². The van der Waals surface area contributed by atoms with Gasteiger partial charge in [-0.25, -0.2) is 9.55 Å². The summed E-state index contributed by atoms with van der Waals surface area (Å²) in [5, 5.41) is 9.44. The Morgan fingerprint density at radius 2 is 2.00 bits per heavy atom. The summed E-state index contributed by atoms with van der Waals surface area (Å²) in [6.07, 6.45) is 5.22. The Bertz CT molecular complexity index is 479. The van der Waals surface area contributed by atoms with Gasteiger partial charge < -0.3 is 0 Å². The van der Waals surface area contributed by atoms with Gasteiger partial charge in [0.15, 0.2) is 12.0 Å². The number of hydrogen-bond acceptors (Lipinski definition) is 2. The lowest BCUT2D eigenvalue weighted by atomic mass is 10.2. The Morgan fingerprint density at radius 1 is 1.29 bits per heavy atom. The molecular weight excluding hydrogens is 198 g/mol. The molecular formula is C10H6ClN3. The van der Waals surface area contributed by atoms with E-state index in [0.717, 1.165) is 5.56 Å². The maximum absolute atomic E-state index is 8.77. The Hall–Kier alpha value is -1.79. The Labute approximate surface area is 86.2 Å². The summed E-state index contributed by atoms with van der Waals surface area (Å²) in [5.74, 6) is 0.629. The number of nitriles is 1. The average Bonchev–Trinajstić information content (AvgIpc) is 2.67. The summed E-state index contributed by atoms with van der Waals surface area (Å²) in [6, 6.07) is 7.21. The van der Waals surface area contributed by atoms with Crippen molar-refractivity contribution in [2.24, 2.45) is 0 Å². The largest absolute Gasteiger partial charge is 0.236 e. The van der Waals surface area contributed by atoms with Gasteiger partial charge in [-0.05, 0) is 24.3 Å². The van der Waals surface area contributed by atoms with Crippen molar-refractivity contribution < 1.29 is 0 Å². The zero-order valence-corrected chi connectivity index (χ0v) is 7.94. The van der Waals surface area contributed by atoms with E-state index in [-0.39, 0.29) is 0 Å². The SMILES string of the molecule is N#Cn1ccnc1-c1ccc(Cl)cc1. The molecule has 14 heavy (non-hydrogen) atoms. The maximum atomic E-state index is 8.77. The van der Waals surface area contributed by atoms with Crippen molar-refractivity contribution in [3.8, 4) is 17.6 Å². The van der Waals surface area contributed by atoms with Crippen LogP contribution in [0.2, 0.25) is 5.02 Å². The molecule has 0 aliphatic carbocycles. The molecule has 68 valence electrons. The second kappa shape index (κ2) is 3.52. The third-order valence-electron chi connectivity index (χ3n) is 1.85. The molecule has 3 nitrogen and oxygen atoms in total. The van der Waals surface area contributed by atoms with Crippen molar-refractivity contribution >= 4 is 11.6 Å². The molecule has 0 bridgehead atoms. The summed E-state index contributed by atoms with van der Waals surface area (Å²) < 4.78 is 1.41. The van der Waals surface area contributed by atoms with Crippen LogP contribution in [0.15, 0.2) is 36.7 Å². The molecule has 0 spiro atoms. The number of aromatic nitrogens is 2. The standard InChI is InChI=1S/C10H6ClN3/c11-9-3-1-8(2-4-9)10-13-5-6-14(10)7-12/h1-6H. The molecule has 0 fully saturated rings. The molecule has 0 unspecified atom stereocenters. The van der Waals surface area contributed by atoms with Crippen LogP contribution < -0.4 is 0 Å². The molecule has 0 radical (unpaired) electrons. The van der Waals surface area contributed by atoms with E-state index in [1.54, 1.807) is 24.5 Å². The van der Waals surface area contributed by atoms with Crippen molar-refractivity contribution in [2.75, 3.05) is 0 Å². The lowest BCUT2D eigenvalue weighted by Gasteiger charge is -1.98. The van der Waals surface area contributed by atoms with Gasteiger partial charge in [-0.3, -0.25) is 0 Å². The highest BCUT2D eigenvalue weighted by Crippen LogP contribution is 2.19. The highest BCUT2D eigenvalue weighted by atomic mass is 35.5. The molecule has 2 aromatic rings. The minimum Gasteiger partial charge on any atom is -0.236 e. The molecule has 1 aromatic heterocycles. The second-order valence-corrected chi connectivity index (χ2v) is 3.16. The van der Waals surface area contributed by atoms with E-state index < -0.39 is 0 Å². The first-order valence-corrected chi connectivity index (χ1v) is 4.38. The Morgan fingerprint density at radius 3 is 2.64 bits per heavy atom. The molecule has 4 heteroatoms. The van der Waals surface area contributed by atoms with Crippen LogP contribution in [-0.4, -0.2) is 9.55 Å². The molecule has 0 aliphatic rings. The predicted molar refractivity (Wildman–Crippen MR) is 53.7 cm³/mol. The maximum Gasteiger partial charge on any atom is 0.190 e. The highest BCUT2D eigenvalue weighted by Gasteiger charge is 2.04. The van der Waals surface area contributed by atoms with Crippen molar-refractivity contribution in [3.05, 3.63) is 41.7 Å². The first-order chi connectivity index (χ1) is 6.81. The molecule has 0 amide bonds. The average molecular weight is 204 g/mol. The molecule has 0 N–H and O–H groups in total. The van der Waals surface area contributed by atoms with Crippen molar-refractivity contribution in [3.63, 3.8) is 0 Å². The van der Waals surface area contributed by atoms with E-state index in [4.69, 9.17) is 16.9 Å². The molecule has 0 atom stereocenters. The van der Waals surface area contributed by atoms with Gasteiger partial charge in [0, 0.05) is 23.0 Å². The molecule has 0 saturated heterocycles. The zero-order chi connectivity index (χ0) is 9.97. The van der Waals surface area contributed by atoms with Crippen LogP contribution in [0.4, 0.5) is 0 Å². The Kier molecular flexibility index (Phi) is 2.21. The van der Waals surface area contributed by atoms with Crippen molar-refractivity contribution in [1.29, 1.82) is 5.26 Å². The summed E-state index contributed by atoms with van der Waals surface area (Å²) in [7, 11) is 0. The van der Waals surface area contributed by atoms with Gasteiger partial charge in [0.25, 0.3) is 0 Å². The summed E-state index contributed by atoms with van der Waals surface area (Å²) in [4.78, 5) is 4.08. The molecule has 1 aromatic carbocycles. The number of hydrogen-bond donors (Lipinski definition) is 0. The fourth-order valence-electron chi connectivity index (χ4n) is 1.20. The summed E-state index contributed by atoms with van der Waals surface area (Å²) in [6.45, 7) is 0. The van der Waals surface area contributed by atoms with Gasteiger partial charge in [-0.2, -0.15) is 5.26 Å². The van der Waals surface area contributed by atoms with Gasteiger partial charge >= 0.3 is 0 Å². The van der Waals surface area contributed by atoms with Gasteiger partial charge in [0.1, 0.15) is 0 Å². The van der Waals surface area contributed by atoms with E-state index in [9.17, 15) is 0 Å². The van der Waals surface area contributed by atoms with Crippen LogP contribution in [0, 0.1) is 11.5 Å². The molecule has 0 aliphatic heterocycles. The van der Waals surface area contributed by atoms with Crippen LogP contribution in [0.1, 0.15) is 0 Å². The van der Waals surface area contributed by atoms with Gasteiger partial charge in [0.05, 0.1) is 0 Å². The number of rotatable bonds is 1. The lowest BCUT2D eigenvalue weighted by Crippen LogP contribution is -1.90. The minimum absolute atomic E-state index is 0.629. The monoisotopic (exact) mass is 203 g/mol.